The van der Waals surface area contributed by atoms with Gasteiger partial charge >= 0.3 is 0 Å². The normalized spacial score (nSPS) is 12.0. The first-order valence-corrected chi connectivity index (χ1v) is 9.06. The number of hydrogen-bond donors (Lipinski definition) is 1. The number of rotatable bonds is 4. The van der Waals surface area contributed by atoms with Gasteiger partial charge in [-0.1, -0.05) is 24.3 Å². The Labute approximate surface area is 143 Å². The average molecular weight is 346 g/mol. The van der Waals surface area contributed by atoms with Gasteiger partial charge in [0.1, 0.15) is 0 Å². The second kappa shape index (κ2) is 6.75. The minimum Gasteiger partial charge on any atom is -0.311 e. The Morgan fingerprint density at radius 2 is 1.62 bits per heavy atom. The highest BCUT2D eigenvalue weighted by molar-refractivity contribution is 7.89. The van der Waals surface area contributed by atoms with Crippen LogP contribution in [0.3, 0.4) is 0 Å². The van der Waals surface area contributed by atoms with E-state index in [2.05, 4.69) is 4.72 Å². The van der Waals surface area contributed by atoms with Crippen LogP contribution >= 0.6 is 0 Å². The number of sulfonamides is 1. The fourth-order valence-electron chi connectivity index (χ4n) is 2.22. The first kappa shape index (κ1) is 18.2. The number of carbonyl (C=O) groups excluding carboxylic acids is 1. The molecule has 0 saturated carbocycles. The van der Waals surface area contributed by atoms with Crippen LogP contribution in [-0.2, 0) is 10.0 Å². The summed E-state index contributed by atoms with van der Waals surface area (Å²) in [6.45, 7) is 5.30. The van der Waals surface area contributed by atoms with Crippen LogP contribution in [0, 0.1) is 0 Å². The lowest BCUT2D eigenvalue weighted by Gasteiger charge is -2.21. The van der Waals surface area contributed by atoms with E-state index >= 15 is 0 Å². The lowest BCUT2D eigenvalue weighted by Crippen LogP contribution is -2.40. The molecule has 2 rings (SSSR count). The second-order valence-electron chi connectivity index (χ2n) is 6.58. The van der Waals surface area contributed by atoms with Crippen molar-refractivity contribution in [1.29, 1.82) is 0 Å². The van der Waals surface area contributed by atoms with E-state index in [1.807, 2.05) is 30.3 Å². The van der Waals surface area contributed by atoms with Gasteiger partial charge in [0, 0.05) is 23.8 Å². The monoisotopic (exact) mass is 346 g/mol. The maximum atomic E-state index is 12.6. The Balaban J connectivity index is 2.32. The van der Waals surface area contributed by atoms with Gasteiger partial charge in [0.05, 0.1) is 4.90 Å². The highest BCUT2D eigenvalue weighted by Gasteiger charge is 2.23. The van der Waals surface area contributed by atoms with Crippen LogP contribution in [0.2, 0.25) is 0 Å². The van der Waals surface area contributed by atoms with Crippen molar-refractivity contribution in [2.24, 2.45) is 0 Å². The minimum atomic E-state index is -3.69. The van der Waals surface area contributed by atoms with Crippen LogP contribution in [0.25, 0.3) is 0 Å². The third-order valence-corrected chi connectivity index (χ3v) is 5.04. The third kappa shape index (κ3) is 4.43. The fraction of sp³-hybridized carbons (Fsp3) is 0.278. The quantitative estimate of drug-likeness (QED) is 0.925. The summed E-state index contributed by atoms with van der Waals surface area (Å²) < 4.78 is 27.4. The molecule has 5 nitrogen and oxygen atoms in total. The number of carbonyl (C=O) groups is 1. The van der Waals surface area contributed by atoms with Gasteiger partial charge in [0.15, 0.2) is 0 Å². The van der Waals surface area contributed by atoms with E-state index in [1.54, 1.807) is 40.0 Å². The Morgan fingerprint density at radius 3 is 2.21 bits per heavy atom. The van der Waals surface area contributed by atoms with Gasteiger partial charge in [-0.15, -0.1) is 0 Å². The van der Waals surface area contributed by atoms with E-state index < -0.39 is 15.6 Å². The zero-order chi connectivity index (χ0) is 18.0. The van der Waals surface area contributed by atoms with Gasteiger partial charge in [0.25, 0.3) is 5.91 Å². The van der Waals surface area contributed by atoms with Crippen LogP contribution in [0.5, 0.6) is 0 Å². The largest absolute Gasteiger partial charge is 0.311 e. The molecule has 0 saturated heterocycles. The smallest absolute Gasteiger partial charge is 0.258 e. The summed E-state index contributed by atoms with van der Waals surface area (Å²) in [6.07, 6.45) is 0. The van der Waals surface area contributed by atoms with Crippen molar-refractivity contribution >= 4 is 21.6 Å². The number of para-hydroxylation sites is 1. The van der Waals surface area contributed by atoms with E-state index in [1.165, 1.54) is 17.0 Å². The second-order valence-corrected chi connectivity index (χ2v) is 8.27. The molecule has 24 heavy (non-hydrogen) atoms. The Morgan fingerprint density at radius 1 is 1.00 bits per heavy atom. The molecule has 0 atom stereocenters. The molecule has 0 aliphatic carbocycles. The molecule has 1 amide bonds. The zero-order valence-electron chi connectivity index (χ0n) is 14.3. The number of nitrogens with zero attached hydrogens (tertiary/aromatic N) is 1. The molecule has 0 bridgehead atoms. The molecule has 6 heteroatoms. The summed E-state index contributed by atoms with van der Waals surface area (Å²) in [5.74, 6) is -0.269. The lowest BCUT2D eigenvalue weighted by molar-refractivity contribution is 0.0993. The molecule has 0 aromatic heterocycles. The minimum absolute atomic E-state index is 0.0738. The van der Waals surface area contributed by atoms with Crippen molar-refractivity contribution in [3.63, 3.8) is 0 Å². The van der Waals surface area contributed by atoms with E-state index in [4.69, 9.17) is 0 Å². The molecule has 2 aromatic carbocycles. The standard InChI is InChI=1S/C18H22N2O3S/c1-18(2,3)19-24(22,23)16-12-8-9-14(13-16)17(21)20(4)15-10-6-5-7-11-15/h5-13,19H,1-4H3. The van der Waals surface area contributed by atoms with Gasteiger partial charge in [-0.3, -0.25) is 4.79 Å². The Bertz CT molecular complexity index is 825. The molecule has 1 N–H and O–H groups in total. The molecule has 0 aliphatic heterocycles. The first-order valence-electron chi connectivity index (χ1n) is 7.57. The predicted molar refractivity (Wildman–Crippen MR) is 95.7 cm³/mol. The topological polar surface area (TPSA) is 66.5 Å². The van der Waals surface area contributed by atoms with Gasteiger partial charge < -0.3 is 4.90 Å². The molecule has 0 radical (unpaired) electrons. The van der Waals surface area contributed by atoms with Crippen LogP contribution in [0.4, 0.5) is 5.69 Å². The summed E-state index contributed by atoms with van der Waals surface area (Å²) in [4.78, 5) is 14.2. The van der Waals surface area contributed by atoms with Crippen LogP contribution < -0.4 is 9.62 Å². The zero-order valence-corrected chi connectivity index (χ0v) is 15.1. The Kier molecular flexibility index (Phi) is 5.11. The van der Waals surface area contributed by atoms with Crippen LogP contribution in [0.1, 0.15) is 31.1 Å². The first-order chi connectivity index (χ1) is 11.1. The third-order valence-electron chi connectivity index (χ3n) is 3.28. The number of hydrogen-bond acceptors (Lipinski definition) is 3. The fourth-order valence-corrected chi connectivity index (χ4v) is 3.68. The van der Waals surface area contributed by atoms with Crippen molar-refractivity contribution in [2.75, 3.05) is 11.9 Å². The highest BCUT2D eigenvalue weighted by Crippen LogP contribution is 2.18. The predicted octanol–water partition coefficient (Wildman–Crippen LogP) is 3.04. The number of amides is 1. The van der Waals surface area contributed by atoms with Crippen molar-refractivity contribution < 1.29 is 13.2 Å². The van der Waals surface area contributed by atoms with Crippen LogP contribution in [-0.4, -0.2) is 26.9 Å². The summed E-state index contributed by atoms with van der Waals surface area (Å²) in [6, 6.07) is 15.2. The van der Waals surface area contributed by atoms with Crippen molar-refractivity contribution in [2.45, 2.75) is 31.2 Å². The molecule has 2 aromatic rings. The summed E-state index contributed by atoms with van der Waals surface area (Å²) >= 11 is 0. The van der Waals surface area contributed by atoms with E-state index in [0.717, 1.165) is 5.69 Å². The van der Waals surface area contributed by atoms with Gasteiger partial charge in [-0.05, 0) is 51.1 Å². The number of anilines is 1. The molecule has 0 heterocycles. The summed E-state index contributed by atoms with van der Waals surface area (Å²) in [7, 11) is -2.03. The van der Waals surface area contributed by atoms with Gasteiger partial charge in [-0.2, -0.15) is 0 Å². The van der Waals surface area contributed by atoms with Gasteiger partial charge in [0.2, 0.25) is 10.0 Å². The molecular weight excluding hydrogens is 324 g/mol. The molecule has 128 valence electrons. The van der Waals surface area contributed by atoms with E-state index in [0.29, 0.717) is 5.56 Å². The maximum Gasteiger partial charge on any atom is 0.258 e. The molecule has 0 unspecified atom stereocenters. The van der Waals surface area contributed by atoms with E-state index in [-0.39, 0.29) is 10.8 Å². The lowest BCUT2D eigenvalue weighted by atomic mass is 10.1. The van der Waals surface area contributed by atoms with Gasteiger partial charge in [-0.25, -0.2) is 13.1 Å². The highest BCUT2D eigenvalue weighted by atomic mass is 32.2. The summed E-state index contributed by atoms with van der Waals surface area (Å²) in [5, 5.41) is 0. The molecule has 0 aliphatic rings. The summed E-state index contributed by atoms with van der Waals surface area (Å²) in [5.41, 5.74) is 0.460. The molecular formula is C18H22N2O3S. The van der Waals surface area contributed by atoms with Crippen molar-refractivity contribution in [1.82, 2.24) is 4.72 Å². The molecule has 0 spiro atoms. The SMILES string of the molecule is CN(C(=O)c1cccc(S(=O)(=O)NC(C)(C)C)c1)c1ccccc1. The average Bonchev–Trinajstić information content (AvgIpc) is 2.52. The number of benzene rings is 2. The van der Waals surface area contributed by atoms with Crippen LogP contribution in [0.15, 0.2) is 59.5 Å². The van der Waals surface area contributed by atoms with Crippen molar-refractivity contribution in [3.8, 4) is 0 Å². The van der Waals surface area contributed by atoms with Crippen molar-refractivity contribution in [3.05, 3.63) is 60.2 Å². The molecule has 0 fully saturated rings. The number of nitrogens with one attached hydrogen (secondary N) is 1. The maximum absolute atomic E-state index is 12.6. The van der Waals surface area contributed by atoms with E-state index in [9.17, 15) is 13.2 Å². The Hall–Kier alpha value is -2.18.